The minimum atomic E-state index is -0.894. The van der Waals surface area contributed by atoms with E-state index in [2.05, 4.69) is 5.32 Å². The Morgan fingerprint density at radius 3 is 2.60 bits per heavy atom. The zero-order chi connectivity index (χ0) is 14.7. The fourth-order valence-corrected chi connectivity index (χ4v) is 3.09. The summed E-state index contributed by atoms with van der Waals surface area (Å²) in [7, 11) is 0.786. The smallest absolute Gasteiger partial charge is 0.282 e. The molecule has 20 heavy (non-hydrogen) atoms. The molecule has 1 aromatic rings. The third-order valence-electron chi connectivity index (χ3n) is 3.18. The third kappa shape index (κ3) is 2.96. The van der Waals surface area contributed by atoms with Crippen LogP contribution in [0.1, 0.15) is 10.4 Å². The second kappa shape index (κ2) is 6.00. The van der Waals surface area contributed by atoms with Gasteiger partial charge in [-0.25, -0.2) is 0 Å². The molecule has 0 unspecified atom stereocenters. The second-order valence-electron chi connectivity index (χ2n) is 4.38. The predicted molar refractivity (Wildman–Crippen MR) is 76.4 cm³/mol. The van der Waals surface area contributed by atoms with E-state index in [1.54, 1.807) is 13.1 Å². The van der Waals surface area contributed by atoms with E-state index in [0.29, 0.717) is 30.3 Å². The number of carbonyl (C=O) groups excluding carboxylic acids is 1. The Hall–Kier alpha value is -1.96. The fraction of sp³-hybridized carbons (Fsp3) is 0.417. The topological polar surface area (TPSA) is 92.6 Å². The van der Waals surface area contributed by atoms with E-state index in [-0.39, 0.29) is 17.2 Å². The maximum atomic E-state index is 12.4. The first-order chi connectivity index (χ1) is 9.52. The number of amides is 1. The van der Waals surface area contributed by atoms with Gasteiger partial charge in [0.1, 0.15) is 5.56 Å². The van der Waals surface area contributed by atoms with Crippen LogP contribution >= 0.6 is 0 Å². The lowest BCUT2D eigenvalue weighted by atomic mass is 10.1. The first-order valence-corrected chi connectivity index (χ1v) is 7.62. The fourth-order valence-electron chi connectivity index (χ4n) is 2.03. The van der Waals surface area contributed by atoms with E-state index >= 15 is 0 Å². The Balaban J connectivity index is 2.32. The highest BCUT2D eigenvalue weighted by molar-refractivity contribution is 7.85. The molecule has 1 aromatic carbocycles. The number of hydrogen-bond acceptors (Lipinski definition) is 5. The van der Waals surface area contributed by atoms with Gasteiger partial charge in [-0.2, -0.15) is 0 Å². The van der Waals surface area contributed by atoms with Crippen LogP contribution in [0.3, 0.4) is 0 Å². The number of anilines is 1. The van der Waals surface area contributed by atoms with Crippen molar-refractivity contribution in [2.45, 2.75) is 0 Å². The standard InChI is InChI=1S/C12H15N3O4S/c1-13-9-2-3-11(15(17)18)10(8-9)12(16)14-4-6-20(19)7-5-14/h2-3,8,13H,4-7H2,1H3. The van der Waals surface area contributed by atoms with Crippen LogP contribution in [0, 0.1) is 10.1 Å². The molecular formula is C12H15N3O4S. The molecule has 0 saturated carbocycles. The summed E-state index contributed by atoms with van der Waals surface area (Å²) in [5, 5.41) is 13.9. The molecule has 8 heteroatoms. The van der Waals surface area contributed by atoms with E-state index in [1.807, 2.05) is 0 Å². The molecule has 108 valence electrons. The van der Waals surface area contributed by atoms with E-state index < -0.39 is 15.7 Å². The summed E-state index contributed by atoms with van der Waals surface area (Å²) in [4.78, 5) is 24.4. The van der Waals surface area contributed by atoms with Crippen LogP contribution in [-0.4, -0.2) is 51.6 Å². The maximum absolute atomic E-state index is 12.4. The van der Waals surface area contributed by atoms with Crippen molar-refractivity contribution in [3.8, 4) is 0 Å². The Bertz CT molecular complexity index is 566. The molecule has 2 rings (SSSR count). The number of nitro groups is 1. The number of nitrogens with zero attached hydrogens (tertiary/aromatic N) is 2. The van der Waals surface area contributed by atoms with E-state index in [0.717, 1.165) is 0 Å². The molecule has 1 fully saturated rings. The Morgan fingerprint density at radius 2 is 2.05 bits per heavy atom. The molecule has 1 heterocycles. The summed E-state index contributed by atoms with van der Waals surface area (Å²) in [6.07, 6.45) is 0. The minimum Gasteiger partial charge on any atom is -0.388 e. The van der Waals surface area contributed by atoms with Gasteiger partial charge in [0.25, 0.3) is 11.6 Å². The van der Waals surface area contributed by atoms with Crippen molar-refractivity contribution in [1.82, 2.24) is 4.90 Å². The normalized spacial score (nSPS) is 15.9. The highest BCUT2D eigenvalue weighted by atomic mass is 32.2. The van der Waals surface area contributed by atoms with Crippen LogP contribution in [0.4, 0.5) is 11.4 Å². The van der Waals surface area contributed by atoms with Gasteiger partial charge >= 0.3 is 0 Å². The maximum Gasteiger partial charge on any atom is 0.282 e. The van der Waals surface area contributed by atoms with Crippen molar-refractivity contribution in [2.24, 2.45) is 0 Å². The van der Waals surface area contributed by atoms with Gasteiger partial charge in [-0.1, -0.05) is 0 Å². The average molecular weight is 297 g/mol. The summed E-state index contributed by atoms with van der Waals surface area (Å²) in [6.45, 7) is 0.735. The number of rotatable bonds is 3. The minimum absolute atomic E-state index is 0.0644. The van der Waals surface area contributed by atoms with Crippen LogP contribution < -0.4 is 5.32 Å². The van der Waals surface area contributed by atoms with E-state index in [9.17, 15) is 19.1 Å². The van der Waals surface area contributed by atoms with Gasteiger partial charge in [0, 0.05) is 54.2 Å². The zero-order valence-corrected chi connectivity index (χ0v) is 11.8. The highest BCUT2D eigenvalue weighted by Gasteiger charge is 2.27. The first-order valence-electron chi connectivity index (χ1n) is 6.13. The lowest BCUT2D eigenvalue weighted by molar-refractivity contribution is -0.385. The van der Waals surface area contributed by atoms with Crippen LogP contribution in [0.5, 0.6) is 0 Å². The van der Waals surface area contributed by atoms with Crippen molar-refractivity contribution < 1.29 is 13.9 Å². The average Bonchev–Trinajstić information content (AvgIpc) is 2.46. The molecular weight excluding hydrogens is 282 g/mol. The predicted octanol–water partition coefficient (Wildman–Crippen LogP) is 0.841. The summed E-state index contributed by atoms with van der Waals surface area (Å²) in [5.41, 5.74) is 0.495. The molecule has 1 saturated heterocycles. The van der Waals surface area contributed by atoms with Gasteiger partial charge in [-0.05, 0) is 12.1 Å². The molecule has 0 atom stereocenters. The Labute approximate surface area is 118 Å². The molecule has 1 N–H and O–H groups in total. The quantitative estimate of drug-likeness (QED) is 0.659. The van der Waals surface area contributed by atoms with E-state index in [1.165, 1.54) is 17.0 Å². The molecule has 1 aliphatic heterocycles. The van der Waals surface area contributed by atoms with Crippen molar-refractivity contribution in [3.05, 3.63) is 33.9 Å². The zero-order valence-electron chi connectivity index (χ0n) is 11.0. The van der Waals surface area contributed by atoms with Crippen molar-refractivity contribution in [1.29, 1.82) is 0 Å². The lowest BCUT2D eigenvalue weighted by Crippen LogP contribution is -2.42. The van der Waals surface area contributed by atoms with Gasteiger partial charge in [0.15, 0.2) is 0 Å². The first kappa shape index (κ1) is 14.4. The second-order valence-corrected chi connectivity index (χ2v) is 6.08. The molecule has 0 radical (unpaired) electrons. The van der Waals surface area contributed by atoms with Crippen molar-refractivity contribution in [2.75, 3.05) is 37.0 Å². The van der Waals surface area contributed by atoms with Gasteiger partial charge in [-0.15, -0.1) is 0 Å². The molecule has 0 spiro atoms. The van der Waals surface area contributed by atoms with Crippen molar-refractivity contribution >= 4 is 28.1 Å². The summed E-state index contributed by atoms with van der Waals surface area (Å²) in [6, 6.07) is 4.35. The highest BCUT2D eigenvalue weighted by Crippen LogP contribution is 2.24. The van der Waals surface area contributed by atoms with Crippen LogP contribution in [0.15, 0.2) is 18.2 Å². The van der Waals surface area contributed by atoms with Gasteiger partial charge in [-0.3, -0.25) is 19.1 Å². The number of hydrogen-bond donors (Lipinski definition) is 1. The van der Waals surface area contributed by atoms with Crippen molar-refractivity contribution in [3.63, 3.8) is 0 Å². The van der Waals surface area contributed by atoms with Gasteiger partial charge in [0.05, 0.1) is 4.92 Å². The van der Waals surface area contributed by atoms with Gasteiger partial charge < -0.3 is 10.2 Å². The Morgan fingerprint density at radius 1 is 1.40 bits per heavy atom. The van der Waals surface area contributed by atoms with E-state index in [4.69, 9.17) is 0 Å². The number of nitro benzene ring substituents is 1. The molecule has 1 amide bonds. The van der Waals surface area contributed by atoms with Crippen LogP contribution in [-0.2, 0) is 10.8 Å². The Kier molecular flexibility index (Phi) is 4.33. The monoisotopic (exact) mass is 297 g/mol. The molecule has 0 bridgehead atoms. The summed E-state index contributed by atoms with van der Waals surface area (Å²) in [5.74, 6) is 0.460. The van der Waals surface area contributed by atoms with Gasteiger partial charge in [0.2, 0.25) is 0 Å². The van der Waals surface area contributed by atoms with Crippen LogP contribution in [0.25, 0.3) is 0 Å². The molecule has 7 nitrogen and oxygen atoms in total. The molecule has 1 aliphatic rings. The van der Waals surface area contributed by atoms with Crippen LogP contribution in [0.2, 0.25) is 0 Å². The molecule has 0 aliphatic carbocycles. The number of benzene rings is 1. The lowest BCUT2D eigenvalue weighted by Gasteiger charge is -2.26. The summed E-state index contributed by atoms with van der Waals surface area (Å²) < 4.78 is 11.3. The number of nitrogens with one attached hydrogen (secondary N) is 1. The molecule has 0 aromatic heterocycles. The summed E-state index contributed by atoms with van der Waals surface area (Å²) >= 11 is 0. The third-order valence-corrected chi connectivity index (χ3v) is 4.45. The number of carbonyl (C=O) groups is 1. The SMILES string of the molecule is CNc1ccc([N+](=O)[O-])c(C(=O)N2CCS(=O)CC2)c1. The largest absolute Gasteiger partial charge is 0.388 e.